The first-order valence-electron chi connectivity index (χ1n) is 8.30. The lowest BCUT2D eigenvalue weighted by molar-refractivity contribution is -0.00578. The number of halogens is 2. The summed E-state index contributed by atoms with van der Waals surface area (Å²) in [7, 11) is -3.91. The molecule has 0 spiro atoms. The highest BCUT2D eigenvalue weighted by Gasteiger charge is 2.37. The number of aromatic nitrogens is 1. The van der Waals surface area contributed by atoms with Crippen LogP contribution in [-0.4, -0.2) is 15.8 Å². The molecule has 1 aromatic heterocycles. The number of nitrogens with zero attached hydrogens (tertiary/aromatic N) is 1. The minimum absolute atomic E-state index is 0.191. The van der Waals surface area contributed by atoms with Crippen molar-refractivity contribution in [3.63, 3.8) is 0 Å². The first-order chi connectivity index (χ1) is 11.7. The van der Waals surface area contributed by atoms with Crippen LogP contribution in [0, 0.1) is 18.6 Å². The van der Waals surface area contributed by atoms with E-state index in [1.165, 1.54) is 0 Å². The minimum atomic E-state index is -3.91. The van der Waals surface area contributed by atoms with E-state index in [0.717, 1.165) is 12.1 Å². The first-order valence-corrected chi connectivity index (χ1v) is 9.76. The van der Waals surface area contributed by atoms with E-state index in [2.05, 4.69) is 0 Å². The molecule has 8 heteroatoms. The molecule has 0 N–H and O–H groups in total. The van der Waals surface area contributed by atoms with Gasteiger partial charge in [-0.3, -0.25) is 13.6 Å². The summed E-state index contributed by atoms with van der Waals surface area (Å²) in [5.41, 5.74) is -0.393. The zero-order valence-electron chi connectivity index (χ0n) is 16.2. The highest BCUT2D eigenvalue weighted by atomic mass is 31.2. The molecular formula is C18H26F2NO4P. The van der Waals surface area contributed by atoms with Crippen LogP contribution < -0.4 is 0 Å². The smallest absolute Gasteiger partial charge is 0.320 e. The van der Waals surface area contributed by atoms with E-state index in [4.69, 9.17) is 13.6 Å². The Morgan fingerprint density at radius 3 is 1.96 bits per heavy atom. The van der Waals surface area contributed by atoms with Crippen molar-refractivity contribution in [1.82, 2.24) is 4.57 Å². The molecule has 0 unspecified atom stereocenters. The van der Waals surface area contributed by atoms with Crippen LogP contribution in [0.1, 0.15) is 47.2 Å². The van der Waals surface area contributed by atoms with Crippen molar-refractivity contribution in [1.29, 1.82) is 0 Å². The van der Waals surface area contributed by atoms with Crippen molar-refractivity contribution in [2.75, 3.05) is 0 Å². The lowest BCUT2D eigenvalue weighted by atomic mass is 10.2. The molecule has 0 saturated carbocycles. The van der Waals surface area contributed by atoms with Gasteiger partial charge < -0.3 is 4.57 Å². The zero-order valence-corrected chi connectivity index (χ0v) is 17.1. The van der Waals surface area contributed by atoms with Crippen LogP contribution in [0.25, 0.3) is 10.9 Å². The second kappa shape index (κ2) is 7.04. The lowest BCUT2D eigenvalue weighted by Gasteiger charge is -2.31. The predicted molar refractivity (Wildman–Crippen MR) is 97.0 cm³/mol. The highest BCUT2D eigenvalue weighted by molar-refractivity contribution is 7.48. The number of fused-ring (bicyclic) bond motifs is 1. The monoisotopic (exact) mass is 389 g/mol. The van der Waals surface area contributed by atoms with E-state index < -0.39 is 30.7 Å². The van der Waals surface area contributed by atoms with Crippen molar-refractivity contribution < 1.29 is 26.9 Å². The summed E-state index contributed by atoms with van der Waals surface area (Å²) < 4.78 is 58.4. The van der Waals surface area contributed by atoms with Crippen molar-refractivity contribution in [3.8, 4) is 0 Å². The number of phosphoric acid groups is 1. The van der Waals surface area contributed by atoms with Crippen LogP contribution >= 0.6 is 7.82 Å². The van der Waals surface area contributed by atoms with Gasteiger partial charge in [0.1, 0.15) is 6.73 Å². The maximum atomic E-state index is 13.6. The van der Waals surface area contributed by atoms with Gasteiger partial charge in [0.15, 0.2) is 11.6 Å². The maximum absolute atomic E-state index is 13.6. The van der Waals surface area contributed by atoms with Crippen LogP contribution in [0.15, 0.2) is 18.2 Å². The van der Waals surface area contributed by atoms with Gasteiger partial charge in [0.25, 0.3) is 0 Å². The summed E-state index contributed by atoms with van der Waals surface area (Å²) >= 11 is 0. The third-order valence-corrected chi connectivity index (χ3v) is 5.24. The Kier molecular flexibility index (Phi) is 5.70. The number of phosphoric ester groups is 1. The molecule has 0 fully saturated rings. The predicted octanol–water partition coefficient (Wildman–Crippen LogP) is 5.94. The molecule has 0 bridgehead atoms. The molecule has 0 aliphatic heterocycles. The maximum Gasteiger partial charge on any atom is 0.477 e. The topological polar surface area (TPSA) is 49.7 Å². The molecule has 0 amide bonds. The normalized spacial score (nSPS) is 13.6. The summed E-state index contributed by atoms with van der Waals surface area (Å²) in [5, 5.41) is 0.522. The van der Waals surface area contributed by atoms with Gasteiger partial charge >= 0.3 is 7.82 Å². The van der Waals surface area contributed by atoms with Gasteiger partial charge in [-0.1, -0.05) is 0 Å². The molecule has 0 radical (unpaired) electrons. The Balaban J connectivity index is 2.34. The van der Waals surface area contributed by atoms with Crippen LogP contribution in [0.2, 0.25) is 0 Å². The van der Waals surface area contributed by atoms with Gasteiger partial charge in [-0.05, 0) is 60.6 Å². The largest absolute Gasteiger partial charge is 0.477 e. The molecule has 2 aromatic rings. The van der Waals surface area contributed by atoms with E-state index in [-0.39, 0.29) is 6.73 Å². The molecule has 146 valence electrons. The zero-order chi connectivity index (χ0) is 19.9. The Morgan fingerprint density at radius 1 is 0.962 bits per heavy atom. The summed E-state index contributed by atoms with van der Waals surface area (Å²) in [5.74, 6) is -1.88. The molecule has 0 aliphatic rings. The fourth-order valence-corrected chi connectivity index (χ4v) is 4.18. The fraction of sp³-hybridized carbons (Fsp3) is 0.556. The molecule has 0 aliphatic carbocycles. The molecular weight excluding hydrogens is 363 g/mol. The van der Waals surface area contributed by atoms with Gasteiger partial charge in [-0.2, -0.15) is 0 Å². The summed E-state index contributed by atoms with van der Waals surface area (Å²) in [6, 6.07) is 3.90. The molecule has 0 saturated heterocycles. The average Bonchev–Trinajstić information content (AvgIpc) is 2.68. The molecule has 1 heterocycles. The van der Waals surface area contributed by atoms with Crippen LogP contribution in [-0.2, 0) is 24.9 Å². The third-order valence-electron chi connectivity index (χ3n) is 3.27. The average molecular weight is 389 g/mol. The molecule has 5 nitrogen and oxygen atoms in total. The quantitative estimate of drug-likeness (QED) is 0.594. The third kappa shape index (κ3) is 5.36. The van der Waals surface area contributed by atoms with Crippen molar-refractivity contribution in [2.24, 2.45) is 0 Å². The van der Waals surface area contributed by atoms with E-state index in [1.54, 1.807) is 59.1 Å². The second-order valence-electron chi connectivity index (χ2n) is 8.15. The number of hydrogen-bond acceptors (Lipinski definition) is 4. The summed E-state index contributed by atoms with van der Waals surface area (Å²) in [6.45, 7) is 12.0. The van der Waals surface area contributed by atoms with Crippen molar-refractivity contribution >= 4 is 18.7 Å². The van der Waals surface area contributed by atoms with E-state index in [0.29, 0.717) is 16.6 Å². The number of benzene rings is 1. The Morgan fingerprint density at radius 2 is 1.46 bits per heavy atom. The van der Waals surface area contributed by atoms with Crippen LogP contribution in [0.5, 0.6) is 0 Å². The van der Waals surface area contributed by atoms with Crippen LogP contribution in [0.3, 0.4) is 0 Å². The van der Waals surface area contributed by atoms with Crippen molar-refractivity contribution in [3.05, 3.63) is 35.5 Å². The van der Waals surface area contributed by atoms with E-state index in [9.17, 15) is 13.3 Å². The molecule has 0 atom stereocenters. The number of aryl methyl sites for hydroxylation is 1. The molecule has 1 aromatic carbocycles. The Bertz CT molecular complexity index is 829. The SMILES string of the molecule is Cc1cc2cc(F)c(F)cc2n1COP(=O)(OC(C)(C)C)OC(C)(C)C. The Labute approximate surface area is 152 Å². The Hall–Kier alpha value is -1.27. The second-order valence-corrected chi connectivity index (χ2v) is 9.67. The number of hydrogen-bond donors (Lipinski definition) is 0. The van der Waals surface area contributed by atoms with E-state index in [1.807, 2.05) is 0 Å². The molecule has 26 heavy (non-hydrogen) atoms. The number of rotatable bonds is 5. The van der Waals surface area contributed by atoms with Gasteiger partial charge in [0, 0.05) is 17.1 Å². The first kappa shape index (κ1) is 21.0. The summed E-state index contributed by atoms with van der Waals surface area (Å²) in [6.07, 6.45) is 0. The standard InChI is InChI=1S/C18H26F2NO4P/c1-12-8-13-9-14(19)15(20)10-16(13)21(12)11-23-26(22,24-17(2,3)4)25-18(5,6)7/h8-10H,11H2,1-7H3. The molecule has 2 rings (SSSR count). The van der Waals surface area contributed by atoms with Gasteiger partial charge in [-0.15, -0.1) is 0 Å². The summed E-state index contributed by atoms with van der Waals surface area (Å²) in [4.78, 5) is 0. The van der Waals surface area contributed by atoms with Crippen LogP contribution in [0.4, 0.5) is 8.78 Å². The highest BCUT2D eigenvalue weighted by Crippen LogP contribution is 2.55. The van der Waals surface area contributed by atoms with Gasteiger partial charge in [0.2, 0.25) is 0 Å². The van der Waals surface area contributed by atoms with Gasteiger partial charge in [0.05, 0.1) is 16.7 Å². The van der Waals surface area contributed by atoms with Gasteiger partial charge in [-0.25, -0.2) is 13.3 Å². The lowest BCUT2D eigenvalue weighted by Crippen LogP contribution is -2.25. The van der Waals surface area contributed by atoms with Crippen molar-refractivity contribution in [2.45, 2.75) is 66.4 Å². The fourth-order valence-electron chi connectivity index (χ4n) is 2.44. The van der Waals surface area contributed by atoms with E-state index >= 15 is 0 Å². The minimum Gasteiger partial charge on any atom is -0.320 e.